The highest BCUT2D eigenvalue weighted by Gasteiger charge is 2.42. The number of esters is 1. The molecule has 0 aliphatic carbocycles. The van der Waals surface area contributed by atoms with Crippen LogP contribution >= 0.6 is 0 Å². The first kappa shape index (κ1) is 13.5. The molecular weight excluding hydrogens is 261 g/mol. The van der Waals surface area contributed by atoms with E-state index in [9.17, 15) is 14.3 Å². The van der Waals surface area contributed by atoms with Gasteiger partial charge in [0.05, 0.1) is 12.5 Å². The van der Waals surface area contributed by atoms with Crippen molar-refractivity contribution in [1.29, 1.82) is 0 Å². The summed E-state index contributed by atoms with van der Waals surface area (Å²) in [4.78, 5) is 13.5. The highest BCUT2D eigenvalue weighted by molar-refractivity contribution is 5.74. The van der Waals surface area contributed by atoms with Gasteiger partial charge in [-0.2, -0.15) is 0 Å². The molecule has 20 heavy (non-hydrogen) atoms. The van der Waals surface area contributed by atoms with Crippen molar-refractivity contribution in [3.05, 3.63) is 35.6 Å². The standard InChI is InChI=1S/C15H18FNO3/c16-13-3-1-12(2-4-13)15(19)9-17(10-15)7-5-11-6-8-20-14(11)18/h1-4,11,19H,5-10H2. The lowest BCUT2D eigenvalue weighted by molar-refractivity contribution is -0.142. The Morgan fingerprint density at radius 1 is 1.35 bits per heavy atom. The monoisotopic (exact) mass is 279 g/mol. The predicted molar refractivity (Wildman–Crippen MR) is 70.4 cm³/mol. The molecule has 3 rings (SSSR count). The first-order chi connectivity index (χ1) is 9.57. The summed E-state index contributed by atoms with van der Waals surface area (Å²) >= 11 is 0. The van der Waals surface area contributed by atoms with Crippen LogP contribution in [0.4, 0.5) is 4.39 Å². The Bertz CT molecular complexity index is 496. The second-order valence-corrected chi connectivity index (χ2v) is 5.69. The smallest absolute Gasteiger partial charge is 0.309 e. The van der Waals surface area contributed by atoms with Crippen LogP contribution in [0.1, 0.15) is 18.4 Å². The largest absolute Gasteiger partial charge is 0.465 e. The van der Waals surface area contributed by atoms with Gasteiger partial charge in [0.1, 0.15) is 11.4 Å². The summed E-state index contributed by atoms with van der Waals surface area (Å²) < 4.78 is 17.8. The number of hydrogen-bond donors (Lipinski definition) is 1. The van der Waals surface area contributed by atoms with E-state index >= 15 is 0 Å². The summed E-state index contributed by atoms with van der Waals surface area (Å²) in [5.74, 6) is -0.387. The van der Waals surface area contributed by atoms with Gasteiger partial charge in [-0.05, 0) is 37.1 Å². The zero-order valence-corrected chi connectivity index (χ0v) is 11.2. The molecule has 0 saturated carbocycles. The van der Waals surface area contributed by atoms with E-state index in [2.05, 4.69) is 4.90 Å². The molecule has 1 aromatic rings. The number of hydrogen-bond acceptors (Lipinski definition) is 4. The van der Waals surface area contributed by atoms with Crippen LogP contribution in [-0.2, 0) is 15.1 Å². The number of aliphatic hydroxyl groups is 1. The van der Waals surface area contributed by atoms with Crippen LogP contribution in [0.2, 0.25) is 0 Å². The van der Waals surface area contributed by atoms with Gasteiger partial charge >= 0.3 is 5.97 Å². The average molecular weight is 279 g/mol. The Hall–Kier alpha value is -1.46. The topological polar surface area (TPSA) is 49.8 Å². The third kappa shape index (κ3) is 2.55. The van der Waals surface area contributed by atoms with E-state index in [0.29, 0.717) is 19.7 Å². The molecule has 5 heteroatoms. The van der Waals surface area contributed by atoms with E-state index in [-0.39, 0.29) is 17.7 Å². The molecule has 1 N–H and O–H groups in total. The van der Waals surface area contributed by atoms with Crippen molar-refractivity contribution in [2.45, 2.75) is 18.4 Å². The molecule has 1 unspecified atom stereocenters. The fourth-order valence-corrected chi connectivity index (χ4v) is 2.93. The second-order valence-electron chi connectivity index (χ2n) is 5.69. The number of carbonyl (C=O) groups excluding carboxylic acids is 1. The zero-order chi connectivity index (χ0) is 14.2. The summed E-state index contributed by atoms with van der Waals surface area (Å²) in [5, 5.41) is 10.4. The molecule has 108 valence electrons. The van der Waals surface area contributed by atoms with Crippen LogP contribution < -0.4 is 0 Å². The number of nitrogens with zero attached hydrogens (tertiary/aromatic N) is 1. The third-order valence-electron chi connectivity index (χ3n) is 4.19. The first-order valence-electron chi connectivity index (χ1n) is 6.94. The lowest BCUT2D eigenvalue weighted by Gasteiger charge is -2.47. The molecule has 1 atom stereocenters. The molecule has 0 aromatic heterocycles. The van der Waals surface area contributed by atoms with E-state index < -0.39 is 5.60 Å². The number of carbonyl (C=O) groups is 1. The molecule has 0 spiro atoms. The lowest BCUT2D eigenvalue weighted by Crippen LogP contribution is -2.59. The fraction of sp³-hybridized carbons (Fsp3) is 0.533. The molecule has 0 amide bonds. The minimum absolute atomic E-state index is 0.00881. The van der Waals surface area contributed by atoms with Crippen LogP contribution in [0.25, 0.3) is 0 Å². The normalized spacial score (nSPS) is 25.3. The van der Waals surface area contributed by atoms with Crippen molar-refractivity contribution in [2.24, 2.45) is 5.92 Å². The summed E-state index contributed by atoms with van der Waals surface area (Å²) in [6, 6.07) is 5.98. The minimum atomic E-state index is -0.885. The van der Waals surface area contributed by atoms with Gasteiger partial charge in [0.25, 0.3) is 0 Å². The van der Waals surface area contributed by atoms with E-state index in [1.165, 1.54) is 12.1 Å². The van der Waals surface area contributed by atoms with E-state index in [1.807, 2.05) is 0 Å². The maximum absolute atomic E-state index is 12.9. The van der Waals surface area contributed by atoms with E-state index in [4.69, 9.17) is 4.74 Å². The quantitative estimate of drug-likeness (QED) is 0.844. The van der Waals surface area contributed by atoms with Crippen LogP contribution in [0.5, 0.6) is 0 Å². The molecule has 4 nitrogen and oxygen atoms in total. The molecule has 2 fully saturated rings. The van der Waals surface area contributed by atoms with Gasteiger partial charge in [-0.25, -0.2) is 4.39 Å². The molecule has 2 aliphatic heterocycles. The van der Waals surface area contributed by atoms with Crippen LogP contribution in [-0.4, -0.2) is 42.2 Å². The van der Waals surface area contributed by atoms with Crippen molar-refractivity contribution in [3.63, 3.8) is 0 Å². The van der Waals surface area contributed by atoms with Crippen molar-refractivity contribution >= 4 is 5.97 Å². The summed E-state index contributed by atoms with van der Waals surface area (Å²) in [5.41, 5.74) is -0.139. The number of likely N-dealkylation sites (tertiary alicyclic amines) is 1. The number of β-amino-alcohol motifs (C(OH)–C–C–N with tert-alkyl or cyclic N) is 1. The van der Waals surface area contributed by atoms with Crippen LogP contribution in [0.15, 0.2) is 24.3 Å². The Morgan fingerprint density at radius 3 is 2.65 bits per heavy atom. The summed E-state index contributed by atoms with van der Waals surface area (Å²) in [7, 11) is 0. The lowest BCUT2D eigenvalue weighted by atomic mass is 9.85. The Kier molecular flexibility index (Phi) is 3.48. The highest BCUT2D eigenvalue weighted by Crippen LogP contribution is 2.32. The van der Waals surface area contributed by atoms with Crippen molar-refractivity contribution in [1.82, 2.24) is 4.90 Å². The molecule has 2 saturated heterocycles. The number of rotatable bonds is 4. The maximum atomic E-state index is 12.9. The van der Waals surface area contributed by atoms with Gasteiger partial charge in [-0.1, -0.05) is 12.1 Å². The van der Waals surface area contributed by atoms with Gasteiger partial charge < -0.3 is 9.84 Å². The van der Waals surface area contributed by atoms with Crippen molar-refractivity contribution < 1.29 is 19.0 Å². The Morgan fingerprint density at radius 2 is 2.05 bits per heavy atom. The molecule has 0 bridgehead atoms. The predicted octanol–water partition coefficient (Wildman–Crippen LogP) is 1.28. The first-order valence-corrected chi connectivity index (χ1v) is 6.94. The van der Waals surface area contributed by atoms with Crippen molar-refractivity contribution in [2.75, 3.05) is 26.2 Å². The van der Waals surface area contributed by atoms with Gasteiger partial charge in [-0.15, -0.1) is 0 Å². The van der Waals surface area contributed by atoms with Crippen LogP contribution in [0, 0.1) is 11.7 Å². The fourth-order valence-electron chi connectivity index (χ4n) is 2.93. The molecule has 0 radical (unpaired) electrons. The maximum Gasteiger partial charge on any atom is 0.309 e. The zero-order valence-electron chi connectivity index (χ0n) is 11.2. The summed E-state index contributed by atoms with van der Waals surface area (Å²) in [6.07, 6.45) is 1.58. The third-order valence-corrected chi connectivity index (χ3v) is 4.19. The SMILES string of the molecule is O=C1OCCC1CCN1CC(O)(c2ccc(F)cc2)C1. The van der Waals surface area contributed by atoms with Gasteiger partial charge in [0.2, 0.25) is 0 Å². The number of cyclic esters (lactones) is 1. The number of ether oxygens (including phenoxy) is 1. The number of halogens is 1. The van der Waals surface area contributed by atoms with Gasteiger partial charge in [-0.3, -0.25) is 9.69 Å². The van der Waals surface area contributed by atoms with E-state index in [1.54, 1.807) is 12.1 Å². The Labute approximate surface area is 117 Å². The van der Waals surface area contributed by atoms with Gasteiger partial charge in [0.15, 0.2) is 0 Å². The highest BCUT2D eigenvalue weighted by atomic mass is 19.1. The van der Waals surface area contributed by atoms with Gasteiger partial charge in [0, 0.05) is 13.1 Å². The molecule has 2 aliphatic rings. The minimum Gasteiger partial charge on any atom is -0.465 e. The van der Waals surface area contributed by atoms with E-state index in [0.717, 1.165) is 24.9 Å². The average Bonchev–Trinajstić information content (AvgIpc) is 2.80. The van der Waals surface area contributed by atoms with Crippen LogP contribution in [0.3, 0.4) is 0 Å². The Balaban J connectivity index is 1.50. The molecule has 1 aromatic carbocycles. The number of benzene rings is 1. The second kappa shape index (κ2) is 5.14. The molecule has 2 heterocycles. The summed E-state index contributed by atoms with van der Waals surface area (Å²) in [6.45, 7) is 2.37. The van der Waals surface area contributed by atoms with Crippen molar-refractivity contribution in [3.8, 4) is 0 Å². The molecular formula is C15H18FNO3.